The molecule has 0 amide bonds. The standard InChI is InChI=1S/C15H20N4O3/c1-9(20-2)22-12-5-4-10(7-13(12)21-3)6-11-8-18-15(17)19-14(11)16/h4-5,7-9H,6H2,1-3H3,(H4,16,17,18,19). The fourth-order valence-electron chi connectivity index (χ4n) is 1.94. The van der Waals surface area contributed by atoms with E-state index in [4.69, 9.17) is 25.7 Å². The smallest absolute Gasteiger partial charge is 0.221 e. The second kappa shape index (κ2) is 6.95. The zero-order chi connectivity index (χ0) is 16.1. The first-order valence-electron chi connectivity index (χ1n) is 6.76. The maximum atomic E-state index is 5.85. The Hall–Kier alpha value is -2.54. The van der Waals surface area contributed by atoms with Crippen molar-refractivity contribution in [1.82, 2.24) is 9.97 Å². The lowest BCUT2D eigenvalue weighted by Crippen LogP contribution is -2.14. The number of ether oxygens (including phenoxy) is 3. The average Bonchev–Trinajstić information content (AvgIpc) is 2.51. The summed E-state index contributed by atoms with van der Waals surface area (Å²) in [5, 5.41) is 0. The first-order chi connectivity index (χ1) is 10.5. The molecule has 2 aromatic rings. The van der Waals surface area contributed by atoms with Crippen molar-refractivity contribution in [2.24, 2.45) is 0 Å². The molecule has 2 rings (SSSR count). The Morgan fingerprint density at radius 3 is 2.59 bits per heavy atom. The number of methoxy groups -OCH3 is 2. The van der Waals surface area contributed by atoms with Crippen LogP contribution in [0.1, 0.15) is 18.1 Å². The molecule has 7 heteroatoms. The van der Waals surface area contributed by atoms with Crippen LogP contribution in [0.3, 0.4) is 0 Å². The van der Waals surface area contributed by atoms with Crippen molar-refractivity contribution in [2.75, 3.05) is 25.7 Å². The van der Waals surface area contributed by atoms with Crippen molar-refractivity contribution in [2.45, 2.75) is 19.6 Å². The largest absolute Gasteiger partial charge is 0.493 e. The lowest BCUT2D eigenvalue weighted by atomic mass is 10.1. The molecule has 0 saturated heterocycles. The Morgan fingerprint density at radius 2 is 1.95 bits per heavy atom. The Balaban J connectivity index is 2.22. The summed E-state index contributed by atoms with van der Waals surface area (Å²) in [6.07, 6.45) is 1.84. The van der Waals surface area contributed by atoms with Gasteiger partial charge in [-0.05, 0) is 24.6 Å². The van der Waals surface area contributed by atoms with Gasteiger partial charge in [0.05, 0.1) is 7.11 Å². The molecule has 1 aromatic heterocycles. The van der Waals surface area contributed by atoms with Crippen LogP contribution in [-0.4, -0.2) is 30.5 Å². The molecule has 4 N–H and O–H groups in total. The van der Waals surface area contributed by atoms with Crippen LogP contribution in [0.15, 0.2) is 24.4 Å². The minimum Gasteiger partial charge on any atom is -0.493 e. The lowest BCUT2D eigenvalue weighted by Gasteiger charge is -2.16. The molecule has 1 aromatic carbocycles. The third kappa shape index (κ3) is 3.76. The molecule has 7 nitrogen and oxygen atoms in total. The molecule has 1 unspecified atom stereocenters. The van der Waals surface area contributed by atoms with Crippen LogP contribution < -0.4 is 20.9 Å². The first-order valence-corrected chi connectivity index (χ1v) is 6.76. The zero-order valence-corrected chi connectivity index (χ0v) is 12.9. The highest BCUT2D eigenvalue weighted by atomic mass is 16.7. The predicted octanol–water partition coefficient (Wildman–Crippen LogP) is 1.61. The quantitative estimate of drug-likeness (QED) is 0.781. The van der Waals surface area contributed by atoms with Gasteiger partial charge in [0.15, 0.2) is 17.8 Å². The van der Waals surface area contributed by atoms with Gasteiger partial charge in [-0.2, -0.15) is 4.98 Å². The van der Waals surface area contributed by atoms with Crippen molar-refractivity contribution in [1.29, 1.82) is 0 Å². The van der Waals surface area contributed by atoms with Crippen molar-refractivity contribution in [3.63, 3.8) is 0 Å². The molecule has 1 atom stereocenters. The van der Waals surface area contributed by atoms with Gasteiger partial charge in [-0.1, -0.05) is 6.07 Å². The number of benzene rings is 1. The van der Waals surface area contributed by atoms with Gasteiger partial charge in [0.2, 0.25) is 5.95 Å². The Morgan fingerprint density at radius 1 is 1.18 bits per heavy atom. The summed E-state index contributed by atoms with van der Waals surface area (Å²) in [5.41, 5.74) is 13.1. The van der Waals surface area contributed by atoms with Crippen molar-refractivity contribution in [3.05, 3.63) is 35.5 Å². The topological polar surface area (TPSA) is 106 Å². The van der Waals surface area contributed by atoms with Gasteiger partial charge in [-0.3, -0.25) is 0 Å². The van der Waals surface area contributed by atoms with Crippen LogP contribution in [0, 0.1) is 0 Å². The molecule has 0 radical (unpaired) electrons. The van der Waals surface area contributed by atoms with Crippen molar-refractivity contribution >= 4 is 11.8 Å². The van der Waals surface area contributed by atoms with Gasteiger partial charge in [-0.25, -0.2) is 4.98 Å². The maximum absolute atomic E-state index is 5.85. The summed E-state index contributed by atoms with van der Waals surface area (Å²) >= 11 is 0. The molecule has 0 spiro atoms. The predicted molar refractivity (Wildman–Crippen MR) is 83.8 cm³/mol. The molecular formula is C15H20N4O3. The molecule has 0 saturated carbocycles. The fourth-order valence-corrected chi connectivity index (χ4v) is 1.94. The summed E-state index contributed by atoms with van der Waals surface area (Å²) in [6.45, 7) is 1.81. The summed E-state index contributed by atoms with van der Waals surface area (Å²) in [4.78, 5) is 7.91. The molecule has 118 valence electrons. The number of anilines is 2. The third-order valence-electron chi connectivity index (χ3n) is 3.16. The second-order valence-electron chi connectivity index (χ2n) is 4.72. The van der Waals surface area contributed by atoms with Crippen LogP contribution in [0.25, 0.3) is 0 Å². The monoisotopic (exact) mass is 304 g/mol. The number of nitrogens with zero attached hydrogens (tertiary/aromatic N) is 2. The van der Waals surface area contributed by atoms with E-state index in [9.17, 15) is 0 Å². The molecular weight excluding hydrogens is 284 g/mol. The van der Waals surface area contributed by atoms with E-state index in [0.29, 0.717) is 23.7 Å². The zero-order valence-electron chi connectivity index (χ0n) is 12.9. The summed E-state index contributed by atoms with van der Waals surface area (Å²) < 4.78 is 16.1. The first kappa shape index (κ1) is 15.8. The lowest BCUT2D eigenvalue weighted by molar-refractivity contribution is -0.0395. The molecule has 0 aliphatic rings. The van der Waals surface area contributed by atoms with Gasteiger partial charge in [-0.15, -0.1) is 0 Å². The molecule has 1 heterocycles. The van der Waals surface area contributed by atoms with Gasteiger partial charge < -0.3 is 25.7 Å². The van der Waals surface area contributed by atoms with E-state index in [1.807, 2.05) is 18.2 Å². The van der Waals surface area contributed by atoms with Crippen molar-refractivity contribution < 1.29 is 14.2 Å². The van der Waals surface area contributed by atoms with Gasteiger partial charge in [0.1, 0.15) is 5.82 Å². The van der Waals surface area contributed by atoms with E-state index in [2.05, 4.69) is 9.97 Å². The van der Waals surface area contributed by atoms with Crippen LogP contribution in [0.5, 0.6) is 11.5 Å². The summed E-state index contributed by atoms with van der Waals surface area (Å²) in [6, 6.07) is 5.64. The summed E-state index contributed by atoms with van der Waals surface area (Å²) in [5.74, 6) is 1.77. The third-order valence-corrected chi connectivity index (χ3v) is 3.16. The fraction of sp³-hybridized carbons (Fsp3) is 0.333. The van der Waals surface area contributed by atoms with Gasteiger partial charge in [0, 0.05) is 25.3 Å². The van der Waals surface area contributed by atoms with E-state index < -0.39 is 0 Å². The van der Waals surface area contributed by atoms with E-state index in [1.54, 1.807) is 27.3 Å². The minimum atomic E-state index is -0.360. The average molecular weight is 304 g/mol. The van der Waals surface area contributed by atoms with Crippen LogP contribution in [0.4, 0.5) is 11.8 Å². The minimum absolute atomic E-state index is 0.163. The van der Waals surface area contributed by atoms with Crippen LogP contribution in [0.2, 0.25) is 0 Å². The maximum Gasteiger partial charge on any atom is 0.221 e. The van der Waals surface area contributed by atoms with E-state index >= 15 is 0 Å². The van der Waals surface area contributed by atoms with E-state index in [0.717, 1.165) is 11.1 Å². The van der Waals surface area contributed by atoms with Crippen LogP contribution in [-0.2, 0) is 11.2 Å². The Bertz CT molecular complexity index is 649. The van der Waals surface area contributed by atoms with E-state index in [-0.39, 0.29) is 12.2 Å². The highest BCUT2D eigenvalue weighted by Crippen LogP contribution is 2.30. The molecule has 0 fully saturated rings. The number of nitrogen functional groups attached to an aromatic ring is 2. The number of rotatable bonds is 6. The summed E-state index contributed by atoms with van der Waals surface area (Å²) in [7, 11) is 3.17. The molecule has 22 heavy (non-hydrogen) atoms. The van der Waals surface area contributed by atoms with Gasteiger partial charge in [0.25, 0.3) is 0 Å². The Kier molecular flexibility index (Phi) is 5.00. The number of hydrogen-bond donors (Lipinski definition) is 2. The van der Waals surface area contributed by atoms with Crippen molar-refractivity contribution in [3.8, 4) is 11.5 Å². The highest BCUT2D eigenvalue weighted by molar-refractivity contribution is 5.48. The number of hydrogen-bond acceptors (Lipinski definition) is 7. The second-order valence-corrected chi connectivity index (χ2v) is 4.72. The Labute approximate surface area is 129 Å². The normalized spacial score (nSPS) is 12.0. The number of nitrogens with two attached hydrogens (primary N) is 2. The molecule has 0 bridgehead atoms. The van der Waals surface area contributed by atoms with E-state index in [1.165, 1.54) is 0 Å². The van der Waals surface area contributed by atoms with Gasteiger partial charge >= 0.3 is 0 Å². The molecule has 0 aliphatic heterocycles. The SMILES string of the molecule is COc1cc(Cc2cnc(N)nc2N)ccc1OC(C)OC. The number of aromatic nitrogens is 2. The van der Waals surface area contributed by atoms with Crippen LogP contribution >= 0.6 is 0 Å². The molecule has 0 aliphatic carbocycles. The highest BCUT2D eigenvalue weighted by Gasteiger charge is 2.11.